The number of rotatable bonds is 3. The molecule has 1 amide bonds. The number of nitrogens with two attached hydrogens (primary N) is 1. The Morgan fingerprint density at radius 2 is 1.86 bits per heavy atom. The zero-order valence-corrected chi connectivity index (χ0v) is 15.4. The number of carbonyl (C=O) groups excluding carboxylic acids is 1. The summed E-state index contributed by atoms with van der Waals surface area (Å²) in [6.07, 6.45) is 3.23. The van der Waals surface area contributed by atoms with Crippen LogP contribution in [-0.4, -0.2) is 10.9 Å². The lowest BCUT2D eigenvalue weighted by Crippen LogP contribution is -2.13. The van der Waals surface area contributed by atoms with Gasteiger partial charge in [-0.05, 0) is 36.8 Å². The molecule has 2 aromatic rings. The fraction of sp³-hybridized carbons (Fsp3) is 0.143. The summed E-state index contributed by atoms with van der Waals surface area (Å²) in [4.78, 5) is 15.9. The van der Waals surface area contributed by atoms with E-state index in [-0.39, 0.29) is 45.9 Å². The summed E-state index contributed by atoms with van der Waals surface area (Å²) in [6.45, 7) is 1.85. The first kappa shape index (κ1) is 20.1. The van der Waals surface area contributed by atoms with Crippen LogP contribution < -0.4 is 11.1 Å². The van der Waals surface area contributed by atoms with Crippen LogP contribution in [0, 0.1) is 0 Å². The van der Waals surface area contributed by atoms with Crippen LogP contribution in [0.25, 0.3) is 0 Å². The lowest BCUT2D eigenvalue weighted by atomic mass is 10.1. The molecule has 4 nitrogen and oxygen atoms in total. The monoisotopic (exact) mass is 435 g/mol. The Morgan fingerprint density at radius 3 is 2.38 bits per heavy atom. The summed E-state index contributed by atoms with van der Waals surface area (Å²) in [5, 5.41) is 3.26. The number of pyridine rings is 1. The molecule has 7 heteroatoms. The molecular weight excluding hydrogens is 421 g/mol. The topological polar surface area (TPSA) is 68.0 Å². The van der Waals surface area contributed by atoms with Crippen molar-refractivity contribution in [3.8, 4) is 0 Å². The third-order valence-electron chi connectivity index (χ3n) is 2.69. The molecule has 1 heterocycles. The molecule has 0 radical (unpaired) electrons. The van der Waals surface area contributed by atoms with E-state index in [1.807, 2.05) is 6.92 Å². The zero-order valence-electron chi connectivity index (χ0n) is 11.2. The summed E-state index contributed by atoms with van der Waals surface area (Å²) in [5.74, 6) is -0.218. The van der Waals surface area contributed by atoms with Crippen molar-refractivity contribution in [3.05, 3.63) is 58.9 Å². The maximum atomic E-state index is 12.0. The predicted octanol–water partition coefficient (Wildman–Crippen LogP) is 4.16. The molecule has 0 aliphatic heterocycles. The van der Waals surface area contributed by atoms with E-state index in [2.05, 4.69) is 10.3 Å². The maximum absolute atomic E-state index is 12.0. The first-order valence-electron chi connectivity index (χ1n) is 5.84. The van der Waals surface area contributed by atoms with Crippen molar-refractivity contribution >= 4 is 57.2 Å². The molecule has 0 unspecified atom stereocenters. The summed E-state index contributed by atoms with van der Waals surface area (Å²) in [6, 6.07) is 8.38. The van der Waals surface area contributed by atoms with Crippen LogP contribution >= 0.6 is 45.6 Å². The Morgan fingerprint density at radius 1 is 1.24 bits per heavy atom. The van der Waals surface area contributed by atoms with Gasteiger partial charge in [0.1, 0.15) is 0 Å². The molecule has 0 spiro atoms. The van der Waals surface area contributed by atoms with Gasteiger partial charge in [0.25, 0.3) is 5.91 Å². The van der Waals surface area contributed by atoms with Gasteiger partial charge in [-0.3, -0.25) is 9.78 Å². The summed E-state index contributed by atoms with van der Waals surface area (Å²) in [7, 11) is 0. The molecule has 114 valence electrons. The Hall–Kier alpha value is -0.950. The molecule has 0 aliphatic carbocycles. The summed E-state index contributed by atoms with van der Waals surface area (Å²) >= 11 is 6.10. The number of hydrogen-bond acceptors (Lipinski definition) is 3. The third-order valence-corrected chi connectivity index (χ3v) is 3.02. The quantitative estimate of drug-likeness (QED) is 0.758. The molecule has 0 saturated carbocycles. The standard InChI is InChI=1S/C14H14ClN3O.2BrH/c1-9(16)12-3-2-10(8-13(12)15)14(19)18-11-4-6-17-7-5-11;;/h2-9H,16H2,1H3,(H,17,18,19);2*1H/t9-;;/m1../s1. The van der Waals surface area contributed by atoms with Crippen molar-refractivity contribution in [1.82, 2.24) is 4.98 Å². The number of amides is 1. The van der Waals surface area contributed by atoms with E-state index in [0.717, 1.165) is 5.56 Å². The molecule has 21 heavy (non-hydrogen) atoms. The highest BCUT2D eigenvalue weighted by atomic mass is 79.9. The Kier molecular flexibility index (Phi) is 8.73. The van der Waals surface area contributed by atoms with Crippen LogP contribution in [-0.2, 0) is 0 Å². The highest BCUT2D eigenvalue weighted by Gasteiger charge is 2.10. The number of nitrogens with one attached hydrogen (secondary N) is 1. The SMILES string of the molecule is Br.Br.C[C@@H](N)c1ccc(C(=O)Nc2ccncc2)cc1Cl. The first-order valence-corrected chi connectivity index (χ1v) is 6.22. The second-order valence-electron chi connectivity index (χ2n) is 4.21. The fourth-order valence-corrected chi connectivity index (χ4v) is 2.03. The van der Waals surface area contributed by atoms with Crippen molar-refractivity contribution in [2.75, 3.05) is 5.32 Å². The summed E-state index contributed by atoms with van der Waals surface area (Å²) < 4.78 is 0. The highest BCUT2D eigenvalue weighted by molar-refractivity contribution is 8.93. The second-order valence-corrected chi connectivity index (χ2v) is 4.62. The minimum Gasteiger partial charge on any atom is -0.324 e. The van der Waals surface area contributed by atoms with Gasteiger partial charge in [0.15, 0.2) is 0 Å². The van der Waals surface area contributed by atoms with Gasteiger partial charge < -0.3 is 11.1 Å². The van der Waals surface area contributed by atoms with Gasteiger partial charge in [0.05, 0.1) is 0 Å². The van der Waals surface area contributed by atoms with E-state index in [9.17, 15) is 4.79 Å². The molecule has 1 aromatic heterocycles. The average molecular weight is 438 g/mol. The van der Waals surface area contributed by atoms with Crippen LogP contribution in [0.1, 0.15) is 28.9 Å². The fourth-order valence-electron chi connectivity index (χ4n) is 1.68. The molecule has 0 fully saturated rings. The van der Waals surface area contributed by atoms with Crippen LogP contribution in [0.5, 0.6) is 0 Å². The summed E-state index contributed by atoms with van der Waals surface area (Å²) in [5.41, 5.74) is 7.77. The van der Waals surface area contributed by atoms with Crippen molar-refractivity contribution in [2.45, 2.75) is 13.0 Å². The van der Waals surface area contributed by atoms with E-state index in [4.69, 9.17) is 17.3 Å². The third kappa shape index (κ3) is 5.39. The van der Waals surface area contributed by atoms with E-state index in [1.165, 1.54) is 0 Å². The second kappa shape index (κ2) is 9.15. The Balaban J connectivity index is 0.00000200. The van der Waals surface area contributed by atoms with Crippen LogP contribution in [0.4, 0.5) is 5.69 Å². The predicted molar refractivity (Wildman–Crippen MR) is 96.9 cm³/mol. The molecule has 3 N–H and O–H groups in total. The van der Waals surface area contributed by atoms with Gasteiger partial charge in [-0.25, -0.2) is 0 Å². The minimum atomic E-state index is -0.218. The van der Waals surface area contributed by atoms with Crippen molar-refractivity contribution in [2.24, 2.45) is 5.73 Å². The first-order chi connectivity index (χ1) is 9.08. The number of hydrogen-bond donors (Lipinski definition) is 2. The Labute approximate surface area is 149 Å². The molecule has 2 rings (SSSR count). The lowest BCUT2D eigenvalue weighted by Gasteiger charge is -2.10. The van der Waals surface area contributed by atoms with Gasteiger partial charge in [-0.2, -0.15) is 0 Å². The van der Waals surface area contributed by atoms with Crippen LogP contribution in [0.3, 0.4) is 0 Å². The van der Waals surface area contributed by atoms with Gasteiger partial charge in [0.2, 0.25) is 0 Å². The lowest BCUT2D eigenvalue weighted by molar-refractivity contribution is 0.102. The molecular formula is C14H16Br2ClN3O. The average Bonchev–Trinajstić information content (AvgIpc) is 2.39. The zero-order chi connectivity index (χ0) is 13.8. The van der Waals surface area contributed by atoms with E-state index >= 15 is 0 Å². The van der Waals surface area contributed by atoms with Gasteiger partial charge >= 0.3 is 0 Å². The molecule has 1 atom stereocenters. The Bertz CT molecular complexity index is 594. The molecule has 0 bridgehead atoms. The number of halogens is 3. The van der Waals surface area contributed by atoms with Gasteiger partial charge in [-0.1, -0.05) is 17.7 Å². The van der Waals surface area contributed by atoms with Gasteiger partial charge in [-0.15, -0.1) is 34.0 Å². The largest absolute Gasteiger partial charge is 0.324 e. The van der Waals surface area contributed by atoms with Crippen molar-refractivity contribution < 1.29 is 4.79 Å². The van der Waals surface area contributed by atoms with Crippen LogP contribution in [0.2, 0.25) is 5.02 Å². The van der Waals surface area contributed by atoms with E-state index < -0.39 is 0 Å². The number of nitrogens with zero attached hydrogens (tertiary/aromatic N) is 1. The van der Waals surface area contributed by atoms with Gasteiger partial charge in [0, 0.05) is 34.7 Å². The van der Waals surface area contributed by atoms with Crippen molar-refractivity contribution in [3.63, 3.8) is 0 Å². The number of anilines is 1. The molecule has 0 saturated heterocycles. The highest BCUT2D eigenvalue weighted by Crippen LogP contribution is 2.23. The molecule has 1 aromatic carbocycles. The number of aromatic nitrogens is 1. The number of benzene rings is 1. The number of carbonyl (C=O) groups is 1. The van der Waals surface area contributed by atoms with Crippen LogP contribution in [0.15, 0.2) is 42.7 Å². The van der Waals surface area contributed by atoms with E-state index in [0.29, 0.717) is 16.3 Å². The normalized spacial score (nSPS) is 10.8. The molecule has 0 aliphatic rings. The van der Waals surface area contributed by atoms with E-state index in [1.54, 1.807) is 42.7 Å². The minimum absolute atomic E-state index is 0. The smallest absolute Gasteiger partial charge is 0.255 e. The maximum Gasteiger partial charge on any atom is 0.255 e. The van der Waals surface area contributed by atoms with Crippen molar-refractivity contribution in [1.29, 1.82) is 0 Å².